The Morgan fingerprint density at radius 3 is 2.47 bits per heavy atom. The van der Waals surface area contributed by atoms with Gasteiger partial charge in [-0.3, -0.25) is 0 Å². The second-order valence-electron chi connectivity index (χ2n) is 4.50. The fourth-order valence-corrected chi connectivity index (χ4v) is 2.72. The van der Waals surface area contributed by atoms with Crippen LogP contribution in [0.2, 0.25) is 0 Å². The highest BCUT2D eigenvalue weighted by Gasteiger charge is 2.18. The molecule has 0 heterocycles. The van der Waals surface area contributed by atoms with E-state index in [0.717, 1.165) is 24.2 Å². The maximum absolute atomic E-state index is 11.2. The molecule has 1 fully saturated rings. The maximum Gasteiger partial charge on any atom is 0.238 e. The SMILES string of the molecule is Cc1cc(S(N)(=O)=O)ccc1OC1CCCC1. The first-order valence-electron chi connectivity index (χ1n) is 5.77. The van der Waals surface area contributed by atoms with E-state index in [1.54, 1.807) is 12.1 Å². The number of hydrogen-bond donors (Lipinski definition) is 1. The molecule has 1 aliphatic rings. The van der Waals surface area contributed by atoms with Gasteiger partial charge in [0.15, 0.2) is 0 Å². The summed E-state index contributed by atoms with van der Waals surface area (Å²) < 4.78 is 28.2. The Labute approximate surface area is 102 Å². The highest BCUT2D eigenvalue weighted by Crippen LogP contribution is 2.27. The molecule has 4 nitrogen and oxygen atoms in total. The van der Waals surface area contributed by atoms with E-state index in [1.807, 2.05) is 6.92 Å². The molecule has 0 atom stereocenters. The molecule has 0 aromatic heterocycles. The standard InChI is InChI=1S/C12H17NO3S/c1-9-8-11(17(13,14)15)6-7-12(9)16-10-4-2-3-5-10/h6-8,10H,2-5H2,1H3,(H2,13,14,15). The zero-order valence-electron chi connectivity index (χ0n) is 9.85. The lowest BCUT2D eigenvalue weighted by Crippen LogP contribution is -2.14. The summed E-state index contributed by atoms with van der Waals surface area (Å²) in [5, 5.41) is 5.07. The molecule has 1 aliphatic carbocycles. The van der Waals surface area contributed by atoms with Crippen molar-refractivity contribution in [1.82, 2.24) is 0 Å². The van der Waals surface area contributed by atoms with E-state index in [0.29, 0.717) is 0 Å². The third-order valence-electron chi connectivity index (χ3n) is 3.07. The average molecular weight is 255 g/mol. The van der Waals surface area contributed by atoms with Crippen molar-refractivity contribution in [3.63, 3.8) is 0 Å². The van der Waals surface area contributed by atoms with Crippen LogP contribution in [0.15, 0.2) is 23.1 Å². The lowest BCUT2D eigenvalue weighted by Gasteiger charge is -2.15. The summed E-state index contributed by atoms with van der Waals surface area (Å²) in [5.41, 5.74) is 0.809. The second-order valence-corrected chi connectivity index (χ2v) is 6.06. The van der Waals surface area contributed by atoms with Gasteiger partial charge in [0.1, 0.15) is 5.75 Å². The van der Waals surface area contributed by atoms with Crippen molar-refractivity contribution in [3.05, 3.63) is 23.8 Å². The van der Waals surface area contributed by atoms with Crippen LogP contribution in [-0.4, -0.2) is 14.5 Å². The summed E-state index contributed by atoms with van der Waals surface area (Å²) in [6.07, 6.45) is 4.85. The maximum atomic E-state index is 11.2. The molecular weight excluding hydrogens is 238 g/mol. The molecule has 17 heavy (non-hydrogen) atoms. The predicted molar refractivity (Wildman–Crippen MR) is 65.4 cm³/mol. The van der Waals surface area contributed by atoms with Crippen LogP contribution in [0.1, 0.15) is 31.2 Å². The third kappa shape index (κ3) is 2.98. The first-order valence-corrected chi connectivity index (χ1v) is 7.31. The van der Waals surface area contributed by atoms with Crippen LogP contribution < -0.4 is 9.88 Å². The fourth-order valence-electron chi connectivity index (χ4n) is 2.12. The summed E-state index contributed by atoms with van der Waals surface area (Å²) in [6, 6.07) is 4.74. The summed E-state index contributed by atoms with van der Waals surface area (Å²) in [7, 11) is -3.62. The van der Waals surface area contributed by atoms with Crippen LogP contribution in [0, 0.1) is 6.92 Å². The first-order chi connectivity index (χ1) is 7.97. The molecule has 5 heteroatoms. The van der Waals surface area contributed by atoms with Gasteiger partial charge in [0.2, 0.25) is 10.0 Å². The highest BCUT2D eigenvalue weighted by molar-refractivity contribution is 7.89. The largest absolute Gasteiger partial charge is 0.490 e. The van der Waals surface area contributed by atoms with Crippen LogP contribution in [0.3, 0.4) is 0 Å². The van der Waals surface area contributed by atoms with E-state index in [2.05, 4.69) is 0 Å². The van der Waals surface area contributed by atoms with E-state index in [4.69, 9.17) is 9.88 Å². The van der Waals surface area contributed by atoms with Crippen LogP contribution >= 0.6 is 0 Å². The summed E-state index contributed by atoms with van der Waals surface area (Å²) in [6.45, 7) is 1.83. The van der Waals surface area contributed by atoms with Gasteiger partial charge in [-0.15, -0.1) is 0 Å². The van der Waals surface area contributed by atoms with Gasteiger partial charge in [0, 0.05) is 0 Å². The van der Waals surface area contributed by atoms with Gasteiger partial charge in [-0.05, 0) is 56.4 Å². The minimum absolute atomic E-state index is 0.133. The monoisotopic (exact) mass is 255 g/mol. The molecule has 2 rings (SSSR count). The second kappa shape index (κ2) is 4.66. The van der Waals surface area contributed by atoms with Gasteiger partial charge in [-0.1, -0.05) is 0 Å². The Morgan fingerprint density at radius 2 is 1.94 bits per heavy atom. The Morgan fingerprint density at radius 1 is 1.29 bits per heavy atom. The number of primary sulfonamides is 1. The molecule has 0 saturated heterocycles. The summed E-state index contributed by atoms with van der Waals surface area (Å²) >= 11 is 0. The van der Waals surface area contributed by atoms with Gasteiger partial charge >= 0.3 is 0 Å². The van der Waals surface area contributed by atoms with Crippen LogP contribution in [0.4, 0.5) is 0 Å². The third-order valence-corrected chi connectivity index (χ3v) is 3.98. The molecule has 0 unspecified atom stereocenters. The number of benzene rings is 1. The van der Waals surface area contributed by atoms with Crippen molar-refractivity contribution in [2.24, 2.45) is 5.14 Å². The number of sulfonamides is 1. The topological polar surface area (TPSA) is 69.4 Å². The molecule has 0 spiro atoms. The Kier molecular flexibility index (Phi) is 3.40. The van der Waals surface area contributed by atoms with Gasteiger partial charge in [-0.25, -0.2) is 13.6 Å². The molecule has 0 aliphatic heterocycles. The van der Waals surface area contributed by atoms with Crippen LogP contribution in [0.5, 0.6) is 5.75 Å². The van der Waals surface area contributed by atoms with Gasteiger partial charge < -0.3 is 4.74 Å². The van der Waals surface area contributed by atoms with Crippen LogP contribution in [-0.2, 0) is 10.0 Å². The normalized spacial score (nSPS) is 17.3. The van der Waals surface area contributed by atoms with E-state index in [-0.39, 0.29) is 11.0 Å². The molecule has 1 aromatic rings. The van der Waals surface area contributed by atoms with E-state index in [1.165, 1.54) is 18.9 Å². The predicted octanol–water partition coefficient (Wildman–Crippen LogP) is 1.96. The van der Waals surface area contributed by atoms with E-state index >= 15 is 0 Å². The van der Waals surface area contributed by atoms with E-state index in [9.17, 15) is 8.42 Å². The molecule has 0 radical (unpaired) electrons. The average Bonchev–Trinajstić information content (AvgIpc) is 2.72. The Hall–Kier alpha value is -1.07. The number of aryl methyl sites for hydroxylation is 1. The number of nitrogens with two attached hydrogens (primary N) is 1. The van der Waals surface area contributed by atoms with Crippen molar-refractivity contribution in [1.29, 1.82) is 0 Å². The Balaban J connectivity index is 2.19. The quantitative estimate of drug-likeness (QED) is 0.897. The van der Waals surface area contributed by atoms with Crippen LogP contribution in [0.25, 0.3) is 0 Å². The number of ether oxygens (including phenoxy) is 1. The smallest absolute Gasteiger partial charge is 0.238 e. The zero-order valence-corrected chi connectivity index (χ0v) is 10.7. The summed E-state index contributed by atoms with van der Waals surface area (Å²) in [4.78, 5) is 0.133. The lowest BCUT2D eigenvalue weighted by atomic mass is 10.2. The minimum Gasteiger partial charge on any atom is -0.490 e. The minimum atomic E-state index is -3.62. The van der Waals surface area contributed by atoms with Gasteiger partial charge in [-0.2, -0.15) is 0 Å². The molecule has 1 saturated carbocycles. The van der Waals surface area contributed by atoms with Crippen molar-refractivity contribution in [2.75, 3.05) is 0 Å². The zero-order chi connectivity index (χ0) is 12.5. The summed E-state index contributed by atoms with van der Waals surface area (Å²) in [5.74, 6) is 0.754. The van der Waals surface area contributed by atoms with Crippen molar-refractivity contribution < 1.29 is 13.2 Å². The van der Waals surface area contributed by atoms with Gasteiger partial charge in [0.25, 0.3) is 0 Å². The molecule has 0 bridgehead atoms. The number of rotatable bonds is 3. The molecule has 94 valence electrons. The molecule has 2 N–H and O–H groups in total. The molecule has 1 aromatic carbocycles. The van der Waals surface area contributed by atoms with Crippen molar-refractivity contribution >= 4 is 10.0 Å². The first kappa shape index (κ1) is 12.4. The van der Waals surface area contributed by atoms with E-state index < -0.39 is 10.0 Å². The molecular formula is C12H17NO3S. The van der Waals surface area contributed by atoms with Crippen molar-refractivity contribution in [2.45, 2.75) is 43.6 Å². The van der Waals surface area contributed by atoms with Crippen molar-refractivity contribution in [3.8, 4) is 5.75 Å². The van der Waals surface area contributed by atoms with Gasteiger partial charge in [0.05, 0.1) is 11.0 Å². The molecule has 0 amide bonds. The highest BCUT2D eigenvalue weighted by atomic mass is 32.2. The lowest BCUT2D eigenvalue weighted by molar-refractivity contribution is 0.208. The Bertz CT molecular complexity index is 504. The number of hydrogen-bond acceptors (Lipinski definition) is 3. The fraction of sp³-hybridized carbons (Fsp3) is 0.500.